The summed E-state index contributed by atoms with van der Waals surface area (Å²) in [6.07, 6.45) is 2.41. The van der Waals surface area contributed by atoms with Crippen LogP contribution < -0.4 is 4.74 Å². The van der Waals surface area contributed by atoms with Crippen LogP contribution in [0.15, 0.2) is 54.6 Å². The molecule has 38 heavy (non-hydrogen) atoms. The van der Waals surface area contributed by atoms with E-state index in [0.717, 1.165) is 51.3 Å². The summed E-state index contributed by atoms with van der Waals surface area (Å²) in [6.45, 7) is 15.0. The fraction of sp³-hybridized carbons (Fsp3) is 0.562. The number of nitrogens with zero attached hydrogens (tertiary/aromatic N) is 3. The van der Waals surface area contributed by atoms with E-state index in [2.05, 4.69) is 85.2 Å². The summed E-state index contributed by atoms with van der Waals surface area (Å²) in [7, 11) is 0. The number of hydrogen-bond donors (Lipinski definition) is 0. The summed E-state index contributed by atoms with van der Waals surface area (Å²) in [5, 5.41) is 0. The minimum atomic E-state index is -0.0492. The monoisotopic (exact) mass is 519 g/mol. The molecule has 6 nitrogen and oxygen atoms in total. The molecule has 0 bridgehead atoms. The highest BCUT2D eigenvalue weighted by Gasteiger charge is 2.40. The van der Waals surface area contributed by atoms with Gasteiger partial charge < -0.3 is 14.5 Å². The second kappa shape index (κ2) is 12.3. The van der Waals surface area contributed by atoms with Crippen molar-refractivity contribution in [1.82, 2.24) is 14.7 Å². The van der Waals surface area contributed by atoms with Crippen molar-refractivity contribution in [2.45, 2.75) is 66.0 Å². The molecule has 206 valence electrons. The van der Waals surface area contributed by atoms with Crippen molar-refractivity contribution < 1.29 is 14.3 Å². The van der Waals surface area contributed by atoms with E-state index in [9.17, 15) is 9.59 Å². The smallest absolute Gasteiger partial charge is 0.223 e. The van der Waals surface area contributed by atoms with Gasteiger partial charge >= 0.3 is 0 Å². The summed E-state index contributed by atoms with van der Waals surface area (Å²) < 4.78 is 5.70. The Kier molecular flexibility index (Phi) is 9.14. The quantitative estimate of drug-likeness (QED) is 0.493. The minimum absolute atomic E-state index is 0.0492. The zero-order valence-corrected chi connectivity index (χ0v) is 23.9. The molecule has 2 aliphatic rings. The van der Waals surface area contributed by atoms with Gasteiger partial charge in [-0.1, -0.05) is 63.2 Å². The van der Waals surface area contributed by atoms with Gasteiger partial charge in [0, 0.05) is 52.1 Å². The topological polar surface area (TPSA) is 53.1 Å². The van der Waals surface area contributed by atoms with Crippen molar-refractivity contribution in [2.24, 2.45) is 11.3 Å². The van der Waals surface area contributed by atoms with E-state index in [1.54, 1.807) is 6.92 Å². The maximum absolute atomic E-state index is 13.7. The first-order valence-electron chi connectivity index (χ1n) is 14.2. The molecule has 2 fully saturated rings. The van der Waals surface area contributed by atoms with Crippen LogP contribution >= 0.6 is 0 Å². The van der Waals surface area contributed by atoms with Gasteiger partial charge in [-0.25, -0.2) is 0 Å². The van der Waals surface area contributed by atoms with Crippen molar-refractivity contribution in [3.8, 4) is 5.75 Å². The van der Waals surface area contributed by atoms with E-state index in [4.69, 9.17) is 4.74 Å². The molecule has 2 saturated heterocycles. The molecule has 2 aliphatic heterocycles. The molecule has 4 rings (SSSR count). The number of carbonyl (C=O) groups excluding carboxylic acids is 2. The van der Waals surface area contributed by atoms with Crippen molar-refractivity contribution >= 4 is 11.8 Å². The number of benzene rings is 2. The van der Waals surface area contributed by atoms with Crippen LogP contribution in [0.5, 0.6) is 5.75 Å². The molecule has 0 N–H and O–H groups in total. The third kappa shape index (κ3) is 6.76. The van der Waals surface area contributed by atoms with E-state index in [0.29, 0.717) is 18.9 Å². The van der Waals surface area contributed by atoms with E-state index in [1.807, 2.05) is 11.8 Å². The Morgan fingerprint density at radius 2 is 1.55 bits per heavy atom. The number of piperidine rings is 1. The number of hydrogen-bond acceptors (Lipinski definition) is 4. The van der Waals surface area contributed by atoms with E-state index < -0.39 is 0 Å². The zero-order valence-electron chi connectivity index (χ0n) is 23.9. The second-order valence-electron chi connectivity index (χ2n) is 11.9. The Balaban J connectivity index is 1.52. The highest BCUT2D eigenvalue weighted by molar-refractivity contribution is 5.77. The Labute approximate surface area is 228 Å². The molecule has 0 saturated carbocycles. The predicted molar refractivity (Wildman–Crippen MR) is 152 cm³/mol. The Bertz CT molecular complexity index is 1060. The van der Waals surface area contributed by atoms with Crippen LogP contribution in [0.2, 0.25) is 0 Å². The lowest BCUT2D eigenvalue weighted by Gasteiger charge is -2.50. The molecule has 0 spiro atoms. The van der Waals surface area contributed by atoms with Crippen LogP contribution in [0.25, 0.3) is 0 Å². The summed E-state index contributed by atoms with van der Waals surface area (Å²) >= 11 is 0. The number of amides is 2. The highest BCUT2D eigenvalue weighted by atomic mass is 16.5. The van der Waals surface area contributed by atoms with E-state index in [-0.39, 0.29) is 29.3 Å². The lowest BCUT2D eigenvalue weighted by molar-refractivity contribution is -0.141. The number of likely N-dealkylation sites (tertiary alicyclic amines) is 1. The fourth-order valence-electron chi connectivity index (χ4n) is 6.06. The van der Waals surface area contributed by atoms with Crippen molar-refractivity contribution in [2.75, 3.05) is 39.3 Å². The van der Waals surface area contributed by atoms with Gasteiger partial charge in [0.1, 0.15) is 5.75 Å². The van der Waals surface area contributed by atoms with Crippen molar-refractivity contribution in [1.29, 1.82) is 0 Å². The molecular weight excluding hydrogens is 474 g/mol. The molecule has 2 atom stereocenters. The summed E-state index contributed by atoms with van der Waals surface area (Å²) in [6, 6.07) is 19.4. The van der Waals surface area contributed by atoms with E-state index >= 15 is 0 Å². The summed E-state index contributed by atoms with van der Waals surface area (Å²) in [5.74, 6) is 1.65. The highest BCUT2D eigenvalue weighted by Crippen LogP contribution is 2.36. The van der Waals surface area contributed by atoms with Crippen molar-refractivity contribution in [3.05, 3.63) is 65.7 Å². The first-order valence-corrected chi connectivity index (χ1v) is 14.2. The Hall–Kier alpha value is -2.86. The molecule has 0 radical (unpaired) electrons. The summed E-state index contributed by atoms with van der Waals surface area (Å²) in [5.41, 5.74) is 2.46. The normalized spacial score (nSPS) is 20.3. The van der Waals surface area contributed by atoms with Gasteiger partial charge in [-0.15, -0.1) is 0 Å². The Morgan fingerprint density at radius 3 is 2.13 bits per heavy atom. The van der Waals surface area contributed by atoms with Crippen LogP contribution in [-0.4, -0.2) is 71.9 Å². The standard InChI is InChI=1S/C32H45N3O3/c1-6-38-28-14-12-27(13-15-28)31(26-10-8-7-9-11-26)34-20-21-35(29(23-34)32(3,4)5)30(37)22-25-16-18-33(19-17-25)24(2)36/h7-15,25,29,31H,6,16-23H2,1-5H3/t29-,31?/m1/s1. The van der Waals surface area contributed by atoms with Crippen LogP contribution in [0.3, 0.4) is 0 Å². The third-order valence-electron chi connectivity index (χ3n) is 8.24. The number of piperazine rings is 1. The van der Waals surface area contributed by atoms with Gasteiger partial charge in [0.15, 0.2) is 0 Å². The van der Waals surface area contributed by atoms with E-state index in [1.165, 1.54) is 11.1 Å². The average molecular weight is 520 g/mol. The van der Waals surface area contributed by atoms with Gasteiger partial charge in [-0.3, -0.25) is 14.5 Å². The van der Waals surface area contributed by atoms with Gasteiger partial charge in [-0.2, -0.15) is 0 Å². The number of carbonyl (C=O) groups is 2. The number of rotatable bonds is 7. The molecule has 2 amide bonds. The maximum Gasteiger partial charge on any atom is 0.223 e. The van der Waals surface area contributed by atoms with Gasteiger partial charge in [0.25, 0.3) is 0 Å². The molecule has 6 heteroatoms. The molecule has 0 aliphatic carbocycles. The molecule has 0 aromatic heterocycles. The minimum Gasteiger partial charge on any atom is -0.494 e. The molecule has 1 unspecified atom stereocenters. The maximum atomic E-state index is 13.7. The van der Waals surface area contributed by atoms with Crippen LogP contribution in [0.4, 0.5) is 0 Å². The fourth-order valence-corrected chi connectivity index (χ4v) is 6.06. The molecule has 2 aromatic rings. The SMILES string of the molecule is CCOc1ccc(C(c2ccccc2)N2CCN(C(=O)CC3CCN(C(C)=O)CC3)[C@@H](C(C)(C)C)C2)cc1. The Morgan fingerprint density at radius 1 is 0.921 bits per heavy atom. The second-order valence-corrected chi connectivity index (χ2v) is 11.9. The lowest BCUT2D eigenvalue weighted by Crippen LogP contribution is -2.60. The number of ether oxygens (including phenoxy) is 1. The van der Waals surface area contributed by atoms with Gasteiger partial charge in [0.05, 0.1) is 12.6 Å². The largest absolute Gasteiger partial charge is 0.494 e. The first kappa shape index (κ1) is 28.2. The average Bonchev–Trinajstić information content (AvgIpc) is 2.90. The van der Waals surface area contributed by atoms with Crippen LogP contribution in [0.1, 0.15) is 71.0 Å². The summed E-state index contributed by atoms with van der Waals surface area (Å²) in [4.78, 5) is 32.0. The van der Waals surface area contributed by atoms with Crippen molar-refractivity contribution in [3.63, 3.8) is 0 Å². The van der Waals surface area contributed by atoms with Gasteiger partial charge in [-0.05, 0) is 54.4 Å². The third-order valence-corrected chi connectivity index (χ3v) is 8.24. The first-order chi connectivity index (χ1) is 18.2. The van der Waals surface area contributed by atoms with Crippen LogP contribution in [0, 0.1) is 11.3 Å². The molecule has 2 heterocycles. The molecular formula is C32H45N3O3. The predicted octanol–water partition coefficient (Wildman–Crippen LogP) is 5.38. The lowest BCUT2D eigenvalue weighted by atomic mass is 9.82. The molecule has 2 aromatic carbocycles. The van der Waals surface area contributed by atoms with Gasteiger partial charge in [0.2, 0.25) is 11.8 Å². The van der Waals surface area contributed by atoms with Crippen LogP contribution in [-0.2, 0) is 9.59 Å². The zero-order chi connectivity index (χ0) is 27.3.